The van der Waals surface area contributed by atoms with Crippen LogP contribution < -0.4 is 10.2 Å². The van der Waals surface area contributed by atoms with Crippen LogP contribution in [0, 0.1) is 5.92 Å². The summed E-state index contributed by atoms with van der Waals surface area (Å²) in [6.07, 6.45) is 2.48. The first-order valence-electron chi connectivity index (χ1n) is 11.1. The van der Waals surface area contributed by atoms with Crippen molar-refractivity contribution in [3.63, 3.8) is 0 Å². The fourth-order valence-corrected chi connectivity index (χ4v) is 4.23. The number of ether oxygens (including phenoxy) is 2. The molecule has 3 rings (SSSR count). The van der Waals surface area contributed by atoms with Crippen molar-refractivity contribution in [3.8, 4) is 0 Å². The van der Waals surface area contributed by atoms with Crippen LogP contribution in [0.2, 0.25) is 5.02 Å². The van der Waals surface area contributed by atoms with Gasteiger partial charge in [0.05, 0.1) is 11.4 Å². The van der Waals surface area contributed by atoms with E-state index in [4.69, 9.17) is 21.1 Å². The van der Waals surface area contributed by atoms with E-state index in [9.17, 15) is 4.79 Å². The molecule has 1 N–H and O–H groups in total. The highest BCUT2D eigenvalue weighted by Crippen LogP contribution is 2.36. The van der Waals surface area contributed by atoms with E-state index >= 15 is 0 Å². The van der Waals surface area contributed by atoms with E-state index < -0.39 is 0 Å². The average molecular weight is 445 g/mol. The number of carbonyl (C=O) groups is 1. The lowest BCUT2D eigenvalue weighted by Gasteiger charge is -2.38. The number of carbonyl (C=O) groups excluding carboxylic acids is 1. The molecule has 0 spiro atoms. The molecule has 0 bridgehead atoms. The van der Waals surface area contributed by atoms with Crippen molar-refractivity contribution in [1.82, 2.24) is 0 Å². The SMILES string of the molecule is CCC(OC=O)c1ccc(N(CC(C)C)C2CCOCC2)c(Nc2ccc(Cl)cc2)c1. The highest BCUT2D eigenvalue weighted by atomic mass is 35.5. The second-order valence-electron chi connectivity index (χ2n) is 8.43. The first-order chi connectivity index (χ1) is 15.0. The molecule has 2 aromatic rings. The summed E-state index contributed by atoms with van der Waals surface area (Å²) >= 11 is 6.08. The van der Waals surface area contributed by atoms with Crippen molar-refractivity contribution >= 4 is 35.1 Å². The molecule has 1 aliphatic rings. The Morgan fingerprint density at radius 3 is 2.52 bits per heavy atom. The molecule has 0 radical (unpaired) electrons. The van der Waals surface area contributed by atoms with Gasteiger partial charge in [-0.1, -0.05) is 38.4 Å². The molecule has 0 aromatic heterocycles. The van der Waals surface area contributed by atoms with Gasteiger partial charge in [0.25, 0.3) is 6.47 Å². The summed E-state index contributed by atoms with van der Waals surface area (Å²) in [7, 11) is 0. The third-order valence-electron chi connectivity index (χ3n) is 5.61. The van der Waals surface area contributed by atoms with E-state index in [-0.39, 0.29) is 6.10 Å². The van der Waals surface area contributed by atoms with Crippen LogP contribution in [0.25, 0.3) is 0 Å². The van der Waals surface area contributed by atoms with Crippen LogP contribution in [0.1, 0.15) is 51.7 Å². The Kier molecular flexibility index (Phi) is 8.61. The van der Waals surface area contributed by atoms with Gasteiger partial charge in [-0.15, -0.1) is 0 Å². The lowest BCUT2D eigenvalue weighted by molar-refractivity contribution is -0.134. The summed E-state index contributed by atoms with van der Waals surface area (Å²) in [4.78, 5) is 13.5. The summed E-state index contributed by atoms with van der Waals surface area (Å²) in [6, 6.07) is 14.5. The predicted molar refractivity (Wildman–Crippen MR) is 127 cm³/mol. The summed E-state index contributed by atoms with van der Waals surface area (Å²) in [5.41, 5.74) is 4.09. The zero-order chi connectivity index (χ0) is 22.2. The molecule has 1 atom stereocenters. The summed E-state index contributed by atoms with van der Waals surface area (Å²) in [5.74, 6) is 0.521. The molecule has 1 unspecified atom stereocenters. The number of nitrogens with one attached hydrogen (secondary N) is 1. The van der Waals surface area contributed by atoms with Crippen LogP contribution >= 0.6 is 11.6 Å². The molecule has 1 aliphatic heterocycles. The third-order valence-corrected chi connectivity index (χ3v) is 5.86. The van der Waals surface area contributed by atoms with Crippen molar-refractivity contribution in [2.75, 3.05) is 30.0 Å². The lowest BCUT2D eigenvalue weighted by Crippen LogP contribution is -2.42. The Labute approximate surface area is 190 Å². The highest BCUT2D eigenvalue weighted by molar-refractivity contribution is 6.30. The van der Waals surface area contributed by atoms with E-state index in [1.54, 1.807) is 0 Å². The van der Waals surface area contributed by atoms with Crippen molar-refractivity contribution in [3.05, 3.63) is 53.1 Å². The predicted octanol–water partition coefficient (Wildman–Crippen LogP) is 6.35. The van der Waals surface area contributed by atoms with Gasteiger partial charge in [0.2, 0.25) is 0 Å². The number of hydrogen-bond donors (Lipinski definition) is 1. The monoisotopic (exact) mass is 444 g/mol. The van der Waals surface area contributed by atoms with Gasteiger partial charge in [0.15, 0.2) is 0 Å². The van der Waals surface area contributed by atoms with Crippen LogP contribution in [0.15, 0.2) is 42.5 Å². The molecule has 0 amide bonds. The minimum atomic E-state index is -0.265. The van der Waals surface area contributed by atoms with Crippen molar-refractivity contribution < 1.29 is 14.3 Å². The van der Waals surface area contributed by atoms with Gasteiger partial charge < -0.3 is 19.7 Å². The van der Waals surface area contributed by atoms with Crippen molar-refractivity contribution in [2.45, 2.75) is 52.2 Å². The van der Waals surface area contributed by atoms with Crippen LogP contribution in [-0.4, -0.2) is 32.3 Å². The van der Waals surface area contributed by atoms with Crippen LogP contribution in [-0.2, 0) is 14.3 Å². The maximum Gasteiger partial charge on any atom is 0.293 e. The molecule has 2 aromatic carbocycles. The van der Waals surface area contributed by atoms with Crippen LogP contribution in [0.3, 0.4) is 0 Å². The second kappa shape index (κ2) is 11.4. The molecule has 1 heterocycles. The molecule has 31 heavy (non-hydrogen) atoms. The van der Waals surface area contributed by atoms with E-state index in [0.717, 1.165) is 55.2 Å². The molecule has 168 valence electrons. The molecule has 5 nitrogen and oxygen atoms in total. The maximum atomic E-state index is 11.0. The van der Waals surface area contributed by atoms with Gasteiger partial charge in [-0.25, -0.2) is 0 Å². The molecule has 6 heteroatoms. The zero-order valence-electron chi connectivity index (χ0n) is 18.6. The Balaban J connectivity index is 2.02. The summed E-state index contributed by atoms with van der Waals surface area (Å²) < 4.78 is 10.9. The smallest absolute Gasteiger partial charge is 0.293 e. The van der Waals surface area contributed by atoms with Gasteiger partial charge in [-0.05, 0) is 67.1 Å². The number of anilines is 3. The standard InChI is InChI=1S/C25H33ClN2O3/c1-4-25(31-17-29)19-5-10-24(23(15-19)27-21-8-6-20(26)7-9-21)28(16-18(2)3)22-11-13-30-14-12-22/h5-10,15,17-18,22,25,27H,4,11-14,16H2,1-3H3. The summed E-state index contributed by atoms with van der Waals surface area (Å²) in [6.45, 7) is 9.59. The van der Waals surface area contributed by atoms with E-state index in [1.165, 1.54) is 0 Å². The number of nitrogens with zero attached hydrogens (tertiary/aromatic N) is 1. The van der Waals surface area contributed by atoms with Gasteiger partial charge in [-0.3, -0.25) is 4.79 Å². The van der Waals surface area contributed by atoms with Crippen molar-refractivity contribution in [1.29, 1.82) is 0 Å². The van der Waals surface area contributed by atoms with E-state index in [0.29, 0.717) is 29.9 Å². The first kappa shape index (κ1) is 23.4. The molecule has 0 saturated carbocycles. The molecule has 1 saturated heterocycles. The third kappa shape index (κ3) is 6.37. The number of halogens is 1. The van der Waals surface area contributed by atoms with Crippen LogP contribution in [0.4, 0.5) is 17.1 Å². The van der Waals surface area contributed by atoms with Crippen molar-refractivity contribution in [2.24, 2.45) is 5.92 Å². The largest absolute Gasteiger partial charge is 0.460 e. The number of rotatable bonds is 10. The Hall–Kier alpha value is -2.24. The van der Waals surface area contributed by atoms with Gasteiger partial charge in [-0.2, -0.15) is 0 Å². The fraction of sp³-hybridized carbons (Fsp3) is 0.480. The minimum absolute atomic E-state index is 0.265. The number of benzene rings is 2. The Morgan fingerprint density at radius 2 is 1.90 bits per heavy atom. The second-order valence-corrected chi connectivity index (χ2v) is 8.86. The van der Waals surface area contributed by atoms with Crippen LogP contribution in [0.5, 0.6) is 0 Å². The average Bonchev–Trinajstić information content (AvgIpc) is 2.78. The molecule has 0 aliphatic carbocycles. The maximum absolute atomic E-state index is 11.0. The van der Waals surface area contributed by atoms with Gasteiger partial charge in [0.1, 0.15) is 6.10 Å². The fourth-order valence-electron chi connectivity index (χ4n) is 4.11. The van der Waals surface area contributed by atoms with E-state index in [2.05, 4.69) is 42.3 Å². The Morgan fingerprint density at radius 1 is 1.19 bits per heavy atom. The van der Waals surface area contributed by atoms with E-state index in [1.807, 2.05) is 31.2 Å². The molecular weight excluding hydrogens is 412 g/mol. The zero-order valence-corrected chi connectivity index (χ0v) is 19.4. The van der Waals surface area contributed by atoms with Gasteiger partial charge >= 0.3 is 0 Å². The highest BCUT2D eigenvalue weighted by Gasteiger charge is 2.25. The lowest BCUT2D eigenvalue weighted by atomic mass is 10.0. The number of hydrogen-bond acceptors (Lipinski definition) is 5. The minimum Gasteiger partial charge on any atom is -0.460 e. The topological polar surface area (TPSA) is 50.8 Å². The van der Waals surface area contributed by atoms with Gasteiger partial charge in [0, 0.05) is 36.5 Å². The Bertz CT molecular complexity index is 835. The normalized spacial score (nSPS) is 15.5. The molecule has 1 fully saturated rings. The quantitative estimate of drug-likeness (QED) is 0.433. The summed E-state index contributed by atoms with van der Waals surface area (Å²) in [5, 5.41) is 4.28. The molecular formula is C25H33ClN2O3. The first-order valence-corrected chi connectivity index (χ1v) is 11.5.